The van der Waals surface area contributed by atoms with Gasteiger partial charge in [-0.05, 0) is 18.2 Å². The number of hydrogen-bond donors (Lipinski definition) is 0. The van der Waals surface area contributed by atoms with Crippen LogP contribution in [0.4, 0.5) is 0 Å². The van der Waals surface area contributed by atoms with Gasteiger partial charge in [0.05, 0.1) is 5.69 Å². The fraction of sp³-hybridized carbons (Fsp3) is 0. The summed E-state index contributed by atoms with van der Waals surface area (Å²) in [4.78, 5) is 14.5. The van der Waals surface area contributed by atoms with Crippen LogP contribution in [0.5, 0.6) is 0 Å². The molecule has 0 atom stereocenters. The molecular formula is C10H6ClN3O. The molecule has 0 N–H and O–H groups in total. The Hall–Kier alpha value is -1.81. The minimum atomic E-state index is 0.332. The first-order valence-corrected chi connectivity index (χ1v) is 4.57. The van der Waals surface area contributed by atoms with Crippen LogP contribution in [0, 0.1) is 0 Å². The van der Waals surface area contributed by atoms with Crippen LogP contribution in [0.25, 0.3) is 11.3 Å². The highest BCUT2D eigenvalue weighted by molar-refractivity contribution is 6.29. The third-order valence-electron chi connectivity index (χ3n) is 1.82. The summed E-state index contributed by atoms with van der Waals surface area (Å²) in [6.45, 7) is 0. The van der Waals surface area contributed by atoms with Crippen LogP contribution < -0.4 is 0 Å². The van der Waals surface area contributed by atoms with Crippen molar-refractivity contribution in [2.45, 2.75) is 0 Å². The quantitative estimate of drug-likeness (QED) is 0.725. The Labute approximate surface area is 90.9 Å². The van der Waals surface area contributed by atoms with E-state index in [0.29, 0.717) is 16.4 Å². The average molecular weight is 220 g/mol. The van der Waals surface area contributed by atoms with Gasteiger partial charge in [-0.2, -0.15) is 0 Å². The van der Waals surface area contributed by atoms with Gasteiger partial charge in [0, 0.05) is 23.5 Å². The lowest BCUT2D eigenvalue weighted by molar-refractivity contribution is 0.112. The lowest BCUT2D eigenvalue weighted by Gasteiger charge is -1.99. The maximum absolute atomic E-state index is 10.5. The average Bonchev–Trinajstić information content (AvgIpc) is 2.30. The van der Waals surface area contributed by atoms with Crippen LogP contribution in [-0.4, -0.2) is 21.5 Å². The number of carbonyl (C=O) groups excluding carboxylic acids is 1. The highest BCUT2D eigenvalue weighted by Crippen LogP contribution is 2.16. The topological polar surface area (TPSA) is 55.7 Å². The normalized spacial score (nSPS) is 9.93. The van der Waals surface area contributed by atoms with E-state index in [0.717, 1.165) is 11.8 Å². The van der Waals surface area contributed by atoms with Crippen LogP contribution in [0.15, 0.2) is 30.6 Å². The molecule has 0 spiro atoms. The van der Waals surface area contributed by atoms with Crippen molar-refractivity contribution in [3.05, 3.63) is 41.3 Å². The second kappa shape index (κ2) is 4.14. The van der Waals surface area contributed by atoms with Gasteiger partial charge in [0.15, 0.2) is 11.4 Å². The Bertz CT molecular complexity index is 484. The molecule has 0 saturated carbocycles. The van der Waals surface area contributed by atoms with Gasteiger partial charge in [0.25, 0.3) is 0 Å². The van der Waals surface area contributed by atoms with Crippen molar-refractivity contribution >= 4 is 17.9 Å². The van der Waals surface area contributed by atoms with E-state index < -0.39 is 0 Å². The Morgan fingerprint density at radius 3 is 2.73 bits per heavy atom. The van der Waals surface area contributed by atoms with Crippen LogP contribution in [0.1, 0.15) is 10.4 Å². The Balaban J connectivity index is 2.44. The SMILES string of the molecule is O=Cc1cncc(-c2ccc(Cl)nn2)c1. The van der Waals surface area contributed by atoms with Gasteiger partial charge in [0.1, 0.15) is 0 Å². The second-order valence-electron chi connectivity index (χ2n) is 2.87. The summed E-state index contributed by atoms with van der Waals surface area (Å²) in [7, 11) is 0. The van der Waals surface area contributed by atoms with Crippen molar-refractivity contribution in [2.75, 3.05) is 0 Å². The molecule has 0 amide bonds. The number of nitrogens with zero attached hydrogens (tertiary/aromatic N) is 3. The number of rotatable bonds is 2. The molecule has 2 heterocycles. The summed E-state index contributed by atoms with van der Waals surface area (Å²) in [5.41, 5.74) is 1.88. The first kappa shape index (κ1) is 9.73. The highest BCUT2D eigenvalue weighted by Gasteiger charge is 2.01. The third kappa shape index (κ3) is 2.16. The Kier molecular flexibility index (Phi) is 2.69. The van der Waals surface area contributed by atoms with E-state index in [4.69, 9.17) is 11.6 Å². The number of hydrogen-bond acceptors (Lipinski definition) is 4. The van der Waals surface area contributed by atoms with Gasteiger partial charge in [-0.3, -0.25) is 9.78 Å². The molecule has 0 aromatic carbocycles. The number of aromatic nitrogens is 3. The first-order valence-electron chi connectivity index (χ1n) is 4.19. The van der Waals surface area contributed by atoms with Crippen LogP contribution >= 0.6 is 11.6 Å². The summed E-state index contributed by atoms with van der Waals surface area (Å²) < 4.78 is 0. The minimum absolute atomic E-state index is 0.332. The van der Waals surface area contributed by atoms with Gasteiger partial charge in [-0.1, -0.05) is 11.6 Å². The zero-order valence-corrected chi connectivity index (χ0v) is 8.35. The van der Waals surface area contributed by atoms with Gasteiger partial charge in [-0.15, -0.1) is 10.2 Å². The monoisotopic (exact) mass is 219 g/mol. The van der Waals surface area contributed by atoms with Gasteiger partial charge >= 0.3 is 0 Å². The van der Waals surface area contributed by atoms with Crippen LogP contribution in [0.3, 0.4) is 0 Å². The highest BCUT2D eigenvalue weighted by atomic mass is 35.5. The van der Waals surface area contributed by atoms with Crippen molar-refractivity contribution in [3.8, 4) is 11.3 Å². The lowest BCUT2D eigenvalue weighted by atomic mass is 10.1. The van der Waals surface area contributed by atoms with E-state index in [2.05, 4.69) is 15.2 Å². The predicted molar refractivity (Wildman–Crippen MR) is 55.7 cm³/mol. The fourth-order valence-electron chi connectivity index (χ4n) is 1.13. The molecular weight excluding hydrogens is 214 g/mol. The Morgan fingerprint density at radius 1 is 1.20 bits per heavy atom. The van der Waals surface area contributed by atoms with E-state index in [1.807, 2.05) is 0 Å². The molecule has 2 aromatic rings. The maximum Gasteiger partial charge on any atom is 0.151 e. The molecule has 0 fully saturated rings. The molecule has 0 unspecified atom stereocenters. The second-order valence-corrected chi connectivity index (χ2v) is 3.25. The van der Waals surface area contributed by atoms with Crippen molar-refractivity contribution < 1.29 is 4.79 Å². The van der Waals surface area contributed by atoms with Crippen molar-refractivity contribution in [1.29, 1.82) is 0 Å². The molecule has 0 aliphatic heterocycles. The summed E-state index contributed by atoms with van der Waals surface area (Å²) >= 11 is 5.61. The molecule has 2 aromatic heterocycles. The molecule has 2 rings (SSSR count). The number of pyridine rings is 1. The van der Waals surface area contributed by atoms with Gasteiger partial charge < -0.3 is 0 Å². The molecule has 15 heavy (non-hydrogen) atoms. The van der Waals surface area contributed by atoms with E-state index in [1.54, 1.807) is 24.4 Å². The zero-order valence-electron chi connectivity index (χ0n) is 7.59. The van der Waals surface area contributed by atoms with E-state index >= 15 is 0 Å². The first-order chi connectivity index (χ1) is 7.29. The van der Waals surface area contributed by atoms with E-state index in [-0.39, 0.29) is 0 Å². The molecule has 0 radical (unpaired) electrons. The van der Waals surface area contributed by atoms with Gasteiger partial charge in [0.2, 0.25) is 0 Å². The van der Waals surface area contributed by atoms with Crippen molar-refractivity contribution in [3.63, 3.8) is 0 Å². The molecule has 5 heteroatoms. The molecule has 0 aliphatic carbocycles. The van der Waals surface area contributed by atoms with Gasteiger partial charge in [-0.25, -0.2) is 0 Å². The molecule has 0 aliphatic rings. The number of aldehydes is 1. The maximum atomic E-state index is 10.5. The van der Waals surface area contributed by atoms with Crippen molar-refractivity contribution in [1.82, 2.24) is 15.2 Å². The fourth-order valence-corrected chi connectivity index (χ4v) is 1.23. The largest absolute Gasteiger partial charge is 0.298 e. The number of halogens is 1. The minimum Gasteiger partial charge on any atom is -0.298 e. The van der Waals surface area contributed by atoms with E-state index in [1.165, 1.54) is 6.20 Å². The lowest BCUT2D eigenvalue weighted by Crippen LogP contribution is -1.90. The molecule has 4 nitrogen and oxygen atoms in total. The van der Waals surface area contributed by atoms with Crippen LogP contribution in [0.2, 0.25) is 5.15 Å². The van der Waals surface area contributed by atoms with E-state index in [9.17, 15) is 4.79 Å². The summed E-state index contributed by atoms with van der Waals surface area (Å²) in [6.07, 6.45) is 3.84. The number of carbonyl (C=O) groups is 1. The summed E-state index contributed by atoms with van der Waals surface area (Å²) in [5.74, 6) is 0. The molecule has 0 saturated heterocycles. The van der Waals surface area contributed by atoms with Crippen LogP contribution in [-0.2, 0) is 0 Å². The molecule has 74 valence electrons. The Morgan fingerprint density at radius 2 is 2.07 bits per heavy atom. The predicted octanol–water partition coefficient (Wildman–Crippen LogP) is 2.00. The standard InChI is InChI=1S/C10H6ClN3O/c11-10-2-1-9(13-14-10)8-3-7(6-15)4-12-5-8/h1-6H. The van der Waals surface area contributed by atoms with Crippen molar-refractivity contribution in [2.24, 2.45) is 0 Å². The smallest absolute Gasteiger partial charge is 0.151 e. The zero-order chi connectivity index (χ0) is 10.7. The third-order valence-corrected chi connectivity index (χ3v) is 2.02. The molecule has 0 bridgehead atoms. The summed E-state index contributed by atoms with van der Waals surface area (Å²) in [5, 5.41) is 7.93. The summed E-state index contributed by atoms with van der Waals surface area (Å²) in [6, 6.07) is 5.05.